The first-order chi connectivity index (χ1) is 9.65. The van der Waals surface area contributed by atoms with Crippen molar-refractivity contribution in [2.75, 3.05) is 0 Å². The summed E-state index contributed by atoms with van der Waals surface area (Å²) in [6.07, 6.45) is 2.19. The molecule has 0 bridgehead atoms. The van der Waals surface area contributed by atoms with Crippen molar-refractivity contribution in [3.05, 3.63) is 22.8 Å². The Labute approximate surface area is 164 Å². The zero-order valence-electron chi connectivity index (χ0n) is 17.0. The van der Waals surface area contributed by atoms with Gasteiger partial charge in [0, 0.05) is 0 Å². The third kappa shape index (κ3) is 24.6. The molecule has 0 spiro atoms. The van der Waals surface area contributed by atoms with E-state index in [1.807, 2.05) is 0 Å². The molecule has 0 aliphatic heterocycles. The SMILES string of the molecule is CC(C)[O-].CC(C)[O-].CC(C)[O-].CC1=[C-]C(C)(C)C(C)=C1C.[Zr+4]. The average molecular weight is 404 g/mol. The maximum atomic E-state index is 9.53. The van der Waals surface area contributed by atoms with Crippen LogP contribution in [0.2, 0.25) is 0 Å². The molecule has 0 aromatic rings. The Balaban J connectivity index is -0.000000118. The standard InChI is InChI=1S/C10H15.3C3H7O.Zr/c1-7-6-10(4,5)9(3)8(7)2;3*1-3(2)4;/h1-5H3;3*3H,1-2H3;/q4*-1;+4. The second-order valence-corrected chi connectivity index (χ2v) is 6.77. The minimum atomic E-state index is -0.417. The maximum Gasteiger partial charge on any atom is 4.00 e. The fraction of sp³-hybridized carbons (Fsp3) is 0.789. The number of hydrogen-bond acceptors (Lipinski definition) is 3. The maximum absolute atomic E-state index is 9.53. The Morgan fingerprint density at radius 2 is 0.957 bits per heavy atom. The predicted octanol–water partition coefficient (Wildman–Crippen LogP) is 2.37. The summed E-state index contributed by atoms with van der Waals surface area (Å²) in [7, 11) is 0. The van der Waals surface area contributed by atoms with Gasteiger partial charge in [0.25, 0.3) is 0 Å². The molecule has 0 aromatic heterocycles. The Morgan fingerprint density at radius 3 is 1.00 bits per heavy atom. The molecule has 0 radical (unpaired) electrons. The van der Waals surface area contributed by atoms with Crippen molar-refractivity contribution in [3.8, 4) is 0 Å². The average Bonchev–Trinajstić information content (AvgIpc) is 2.39. The van der Waals surface area contributed by atoms with Crippen molar-refractivity contribution in [1.29, 1.82) is 0 Å². The quantitative estimate of drug-likeness (QED) is 0.583. The summed E-state index contributed by atoms with van der Waals surface area (Å²) >= 11 is 0. The minimum absolute atomic E-state index is 0. The zero-order valence-corrected chi connectivity index (χ0v) is 19.4. The summed E-state index contributed by atoms with van der Waals surface area (Å²) in [5, 5.41) is 28.6. The Hall–Kier alpha value is 0.243. The van der Waals surface area contributed by atoms with Crippen LogP contribution in [-0.2, 0) is 26.2 Å². The van der Waals surface area contributed by atoms with Gasteiger partial charge >= 0.3 is 26.2 Å². The van der Waals surface area contributed by atoms with Crippen LogP contribution in [0.4, 0.5) is 0 Å². The largest absolute Gasteiger partial charge is 4.00 e. The van der Waals surface area contributed by atoms with Crippen LogP contribution < -0.4 is 15.3 Å². The third-order valence-corrected chi connectivity index (χ3v) is 2.56. The Bertz CT molecular complexity index is 318. The molecule has 0 fully saturated rings. The van der Waals surface area contributed by atoms with Gasteiger partial charge in [0.05, 0.1) is 0 Å². The second-order valence-electron chi connectivity index (χ2n) is 6.77. The smallest absolute Gasteiger partial charge is 0.852 e. The van der Waals surface area contributed by atoms with E-state index < -0.39 is 18.3 Å². The van der Waals surface area contributed by atoms with Gasteiger partial charge in [-0.25, -0.2) is 5.57 Å². The van der Waals surface area contributed by atoms with Gasteiger partial charge in [0.1, 0.15) is 0 Å². The Morgan fingerprint density at radius 1 is 0.739 bits per heavy atom. The second kappa shape index (κ2) is 15.8. The normalized spacial score (nSPS) is 14.9. The molecular formula is C19H36O3Zr. The van der Waals surface area contributed by atoms with E-state index >= 15 is 0 Å². The molecule has 0 atom stereocenters. The van der Waals surface area contributed by atoms with Crippen molar-refractivity contribution in [3.63, 3.8) is 0 Å². The van der Waals surface area contributed by atoms with E-state index in [2.05, 4.69) is 40.7 Å². The van der Waals surface area contributed by atoms with Gasteiger partial charge in [-0.15, -0.1) is 25.2 Å². The summed E-state index contributed by atoms with van der Waals surface area (Å²) in [6, 6.07) is 0. The molecule has 4 heteroatoms. The monoisotopic (exact) mass is 402 g/mol. The Kier molecular flexibility index (Phi) is 21.3. The molecular weight excluding hydrogens is 367 g/mol. The van der Waals surface area contributed by atoms with E-state index in [1.54, 1.807) is 41.5 Å². The molecule has 3 nitrogen and oxygen atoms in total. The fourth-order valence-corrected chi connectivity index (χ4v) is 1.41. The van der Waals surface area contributed by atoms with Crippen LogP contribution in [0, 0.1) is 11.5 Å². The van der Waals surface area contributed by atoms with E-state index in [9.17, 15) is 15.3 Å². The summed E-state index contributed by atoms with van der Waals surface area (Å²) in [6.45, 7) is 20.6. The summed E-state index contributed by atoms with van der Waals surface area (Å²) in [5.41, 5.74) is 4.39. The number of hydrogen-bond donors (Lipinski definition) is 0. The van der Waals surface area contributed by atoms with Crippen LogP contribution in [0.25, 0.3) is 0 Å². The summed E-state index contributed by atoms with van der Waals surface area (Å²) < 4.78 is 0. The molecule has 0 aromatic carbocycles. The van der Waals surface area contributed by atoms with Crippen LogP contribution in [-0.4, -0.2) is 18.3 Å². The van der Waals surface area contributed by atoms with Crippen LogP contribution in [0.3, 0.4) is 0 Å². The van der Waals surface area contributed by atoms with Gasteiger partial charge in [-0.05, 0) is 0 Å². The van der Waals surface area contributed by atoms with E-state index in [1.165, 1.54) is 16.7 Å². The molecule has 134 valence electrons. The number of allylic oxidation sites excluding steroid dienone is 4. The van der Waals surface area contributed by atoms with Crippen LogP contribution >= 0.6 is 0 Å². The molecule has 0 heterocycles. The van der Waals surface area contributed by atoms with Gasteiger partial charge in [-0.3, -0.25) is 6.08 Å². The minimum Gasteiger partial charge on any atom is -0.852 e. The van der Waals surface area contributed by atoms with E-state index in [0.717, 1.165) is 0 Å². The summed E-state index contributed by atoms with van der Waals surface area (Å²) in [5.74, 6) is 0. The first-order valence-corrected chi connectivity index (χ1v) is 7.92. The summed E-state index contributed by atoms with van der Waals surface area (Å²) in [4.78, 5) is 0. The molecule has 0 amide bonds. The van der Waals surface area contributed by atoms with Crippen molar-refractivity contribution in [2.45, 2.75) is 94.5 Å². The molecule has 0 N–H and O–H groups in total. The van der Waals surface area contributed by atoms with Crippen molar-refractivity contribution < 1.29 is 41.5 Å². The molecule has 0 unspecified atom stereocenters. The van der Waals surface area contributed by atoms with Crippen molar-refractivity contribution in [1.82, 2.24) is 0 Å². The van der Waals surface area contributed by atoms with Crippen molar-refractivity contribution in [2.24, 2.45) is 5.41 Å². The zero-order chi connectivity index (χ0) is 18.7. The first kappa shape index (κ1) is 31.1. The molecule has 0 saturated carbocycles. The number of rotatable bonds is 0. The van der Waals surface area contributed by atoms with Gasteiger partial charge in [-0.2, -0.15) is 11.1 Å². The topological polar surface area (TPSA) is 69.2 Å². The van der Waals surface area contributed by atoms with Gasteiger partial charge < -0.3 is 15.3 Å². The van der Waals surface area contributed by atoms with Crippen LogP contribution in [0.1, 0.15) is 76.2 Å². The predicted molar refractivity (Wildman–Crippen MR) is 90.0 cm³/mol. The van der Waals surface area contributed by atoms with Crippen LogP contribution in [0.5, 0.6) is 0 Å². The van der Waals surface area contributed by atoms with E-state index in [0.29, 0.717) is 0 Å². The molecule has 0 saturated heterocycles. The van der Waals surface area contributed by atoms with E-state index in [-0.39, 0.29) is 31.6 Å². The molecule has 1 rings (SSSR count). The van der Waals surface area contributed by atoms with Gasteiger partial charge in [0.15, 0.2) is 0 Å². The van der Waals surface area contributed by atoms with Gasteiger partial charge in [-0.1, -0.05) is 74.7 Å². The fourth-order valence-electron chi connectivity index (χ4n) is 1.41. The van der Waals surface area contributed by atoms with Gasteiger partial charge in [0.2, 0.25) is 0 Å². The molecule has 23 heavy (non-hydrogen) atoms. The molecule has 1 aliphatic carbocycles. The first-order valence-electron chi connectivity index (χ1n) is 7.92. The molecule has 1 aliphatic rings. The van der Waals surface area contributed by atoms with Crippen molar-refractivity contribution >= 4 is 0 Å². The third-order valence-electron chi connectivity index (χ3n) is 2.56. The van der Waals surface area contributed by atoms with Crippen LogP contribution in [0.15, 0.2) is 16.7 Å². The van der Waals surface area contributed by atoms with E-state index in [4.69, 9.17) is 0 Å².